The third-order valence-corrected chi connectivity index (χ3v) is 5.57. The van der Waals surface area contributed by atoms with Gasteiger partial charge < -0.3 is 0 Å². The Bertz CT molecular complexity index is 404. The normalized spacial score (nSPS) is 15.6. The number of carbonyl (C=O) groups is 1. The van der Waals surface area contributed by atoms with Gasteiger partial charge in [0.2, 0.25) is 0 Å². The van der Waals surface area contributed by atoms with E-state index >= 15 is 0 Å². The number of ether oxygens (including phenoxy) is 2. The summed E-state index contributed by atoms with van der Waals surface area (Å²) in [6.45, 7) is 1.73. The van der Waals surface area contributed by atoms with Crippen molar-refractivity contribution in [3.63, 3.8) is 0 Å². The Morgan fingerprint density at radius 3 is 2.28 bits per heavy atom. The molecule has 0 aromatic heterocycles. The second kappa shape index (κ2) is 6.23. The number of esters is 1. The minimum absolute atomic E-state index is 0.0839. The standard InChI is InChI=1S/C13H18O4Se/c1-13(18-4,12(15)17-3)11(14)9-5-7-10(16-2)8-6-9/h5-8,11,14H,1-4H3/t11-,13+/m1/s1. The minimum atomic E-state index is -0.879. The number of hydrogen-bond donors (Lipinski definition) is 1. The number of rotatable bonds is 5. The summed E-state index contributed by atoms with van der Waals surface area (Å²) < 4.78 is 8.97. The van der Waals surface area contributed by atoms with Crippen molar-refractivity contribution < 1.29 is 19.4 Å². The Kier molecular flexibility index (Phi) is 5.20. The average molecular weight is 317 g/mol. The van der Waals surface area contributed by atoms with Crippen LogP contribution < -0.4 is 4.74 Å². The first-order chi connectivity index (χ1) is 8.49. The zero-order valence-electron chi connectivity index (χ0n) is 11.0. The van der Waals surface area contributed by atoms with E-state index in [1.54, 1.807) is 38.3 Å². The molecule has 0 saturated heterocycles. The van der Waals surface area contributed by atoms with Gasteiger partial charge >= 0.3 is 113 Å². The van der Waals surface area contributed by atoms with E-state index in [1.165, 1.54) is 7.11 Å². The van der Waals surface area contributed by atoms with Crippen LogP contribution in [0, 0.1) is 0 Å². The van der Waals surface area contributed by atoms with Crippen molar-refractivity contribution in [2.45, 2.75) is 23.2 Å². The van der Waals surface area contributed by atoms with Crippen LogP contribution in [0.2, 0.25) is 10.1 Å². The van der Waals surface area contributed by atoms with Gasteiger partial charge in [0.1, 0.15) is 0 Å². The molecular formula is C13H18O4Se. The van der Waals surface area contributed by atoms with Gasteiger partial charge in [0.15, 0.2) is 0 Å². The Hall–Kier alpha value is -1.03. The van der Waals surface area contributed by atoms with Crippen LogP contribution in [-0.4, -0.2) is 40.3 Å². The molecule has 0 unspecified atom stereocenters. The van der Waals surface area contributed by atoms with E-state index in [0.717, 1.165) is 0 Å². The summed E-state index contributed by atoms with van der Waals surface area (Å²) in [5.41, 5.74) is 0.687. The van der Waals surface area contributed by atoms with Gasteiger partial charge in [-0.1, -0.05) is 0 Å². The zero-order chi connectivity index (χ0) is 13.8. The molecule has 100 valence electrons. The second-order valence-corrected chi connectivity index (χ2v) is 6.61. The molecule has 0 spiro atoms. The van der Waals surface area contributed by atoms with E-state index in [1.807, 2.05) is 5.82 Å². The molecule has 1 N–H and O–H groups in total. The molecule has 0 radical (unpaired) electrons. The molecule has 2 atom stereocenters. The Morgan fingerprint density at radius 1 is 1.33 bits per heavy atom. The Morgan fingerprint density at radius 2 is 1.89 bits per heavy atom. The number of hydrogen-bond acceptors (Lipinski definition) is 4. The van der Waals surface area contributed by atoms with Crippen LogP contribution in [-0.2, 0) is 9.53 Å². The van der Waals surface area contributed by atoms with Gasteiger partial charge in [-0.25, -0.2) is 0 Å². The van der Waals surface area contributed by atoms with Crippen LogP contribution in [0.25, 0.3) is 0 Å². The predicted octanol–water partition coefficient (Wildman–Crippen LogP) is 1.83. The number of aliphatic hydroxyl groups excluding tert-OH is 1. The molecule has 1 aromatic carbocycles. The molecule has 0 heterocycles. The fourth-order valence-electron chi connectivity index (χ4n) is 1.61. The van der Waals surface area contributed by atoms with Crippen LogP contribution in [0.5, 0.6) is 5.75 Å². The molecule has 1 aromatic rings. The average Bonchev–Trinajstić information content (AvgIpc) is 2.44. The molecule has 0 aliphatic rings. The first-order valence-electron chi connectivity index (χ1n) is 5.45. The maximum absolute atomic E-state index is 11.8. The van der Waals surface area contributed by atoms with E-state index in [2.05, 4.69) is 0 Å². The van der Waals surface area contributed by atoms with E-state index in [-0.39, 0.29) is 20.9 Å². The maximum atomic E-state index is 11.8. The van der Waals surface area contributed by atoms with E-state index in [4.69, 9.17) is 9.47 Å². The van der Waals surface area contributed by atoms with Crippen molar-refractivity contribution in [1.29, 1.82) is 0 Å². The summed E-state index contributed by atoms with van der Waals surface area (Å²) in [4.78, 5) is 11.8. The first kappa shape index (κ1) is 15.0. The summed E-state index contributed by atoms with van der Waals surface area (Å²) in [7, 11) is 2.92. The summed E-state index contributed by atoms with van der Waals surface area (Å²) >= 11 is -0.0839. The van der Waals surface area contributed by atoms with Crippen molar-refractivity contribution in [1.82, 2.24) is 0 Å². The van der Waals surface area contributed by atoms with Crippen molar-refractivity contribution in [3.05, 3.63) is 29.8 Å². The number of carbonyl (C=O) groups excluding carboxylic acids is 1. The van der Waals surface area contributed by atoms with Crippen LogP contribution in [0.1, 0.15) is 18.6 Å². The Labute approximate surface area is 113 Å². The quantitative estimate of drug-likeness (QED) is 0.665. The van der Waals surface area contributed by atoms with Gasteiger partial charge in [-0.05, 0) is 0 Å². The predicted molar refractivity (Wildman–Crippen MR) is 70.0 cm³/mol. The van der Waals surface area contributed by atoms with Crippen LogP contribution in [0.15, 0.2) is 24.3 Å². The summed E-state index contributed by atoms with van der Waals surface area (Å²) in [6.07, 6.45) is -0.874. The van der Waals surface area contributed by atoms with E-state index in [9.17, 15) is 9.90 Å². The molecule has 1 rings (SSSR count). The van der Waals surface area contributed by atoms with E-state index < -0.39 is 10.4 Å². The molecule has 0 amide bonds. The summed E-state index contributed by atoms with van der Waals surface area (Å²) in [5, 5.41) is 10.4. The van der Waals surface area contributed by atoms with Gasteiger partial charge in [0.25, 0.3) is 0 Å². The molecule has 0 bridgehead atoms. The zero-order valence-corrected chi connectivity index (χ0v) is 12.7. The molecule has 5 heteroatoms. The summed E-state index contributed by atoms with van der Waals surface area (Å²) in [5.74, 6) is 2.25. The van der Waals surface area contributed by atoms with Crippen LogP contribution >= 0.6 is 0 Å². The van der Waals surface area contributed by atoms with Crippen molar-refractivity contribution in [2.75, 3.05) is 14.2 Å². The monoisotopic (exact) mass is 318 g/mol. The number of aliphatic hydroxyl groups is 1. The van der Waals surface area contributed by atoms with Crippen molar-refractivity contribution >= 4 is 20.9 Å². The molecular weight excluding hydrogens is 299 g/mol. The molecule has 0 aliphatic heterocycles. The van der Waals surface area contributed by atoms with Crippen LogP contribution in [0.3, 0.4) is 0 Å². The van der Waals surface area contributed by atoms with Gasteiger partial charge in [0.05, 0.1) is 0 Å². The Balaban J connectivity index is 3.02. The third-order valence-electron chi connectivity index (χ3n) is 2.97. The number of benzene rings is 1. The van der Waals surface area contributed by atoms with Crippen molar-refractivity contribution in [3.8, 4) is 5.75 Å². The fraction of sp³-hybridized carbons (Fsp3) is 0.462. The SMILES string of the molecule is COC(=O)[C@@](C)([Se]C)[C@H](O)c1ccc(OC)cc1. The second-order valence-electron chi connectivity index (χ2n) is 3.98. The van der Waals surface area contributed by atoms with Crippen LogP contribution in [0.4, 0.5) is 0 Å². The molecule has 18 heavy (non-hydrogen) atoms. The third kappa shape index (κ3) is 2.86. The van der Waals surface area contributed by atoms with Gasteiger partial charge in [-0.15, -0.1) is 0 Å². The molecule has 0 fully saturated rings. The summed E-state index contributed by atoms with van der Waals surface area (Å²) in [6, 6.07) is 7.05. The van der Waals surface area contributed by atoms with Gasteiger partial charge in [-0.3, -0.25) is 0 Å². The topological polar surface area (TPSA) is 55.8 Å². The van der Waals surface area contributed by atoms with E-state index in [0.29, 0.717) is 11.3 Å². The van der Waals surface area contributed by atoms with Gasteiger partial charge in [0, 0.05) is 0 Å². The molecule has 0 aliphatic carbocycles. The van der Waals surface area contributed by atoms with Crippen molar-refractivity contribution in [2.24, 2.45) is 0 Å². The number of methoxy groups -OCH3 is 2. The van der Waals surface area contributed by atoms with Gasteiger partial charge in [-0.2, -0.15) is 0 Å². The fourth-order valence-corrected chi connectivity index (χ4v) is 2.89. The molecule has 4 nitrogen and oxygen atoms in total. The molecule has 0 saturated carbocycles. The first-order valence-corrected chi connectivity index (χ1v) is 8.02.